The van der Waals surface area contributed by atoms with Crippen molar-refractivity contribution in [2.24, 2.45) is 0 Å². The van der Waals surface area contributed by atoms with Gasteiger partial charge in [0.1, 0.15) is 0 Å². The van der Waals surface area contributed by atoms with Gasteiger partial charge >= 0.3 is 0 Å². The van der Waals surface area contributed by atoms with Crippen LogP contribution < -0.4 is 0 Å². The van der Waals surface area contributed by atoms with Gasteiger partial charge in [-0.15, -0.1) is 0 Å². The summed E-state index contributed by atoms with van der Waals surface area (Å²) in [5, 5.41) is 3.32. The van der Waals surface area contributed by atoms with Crippen LogP contribution in [0.4, 0.5) is 3.89 Å². The molecule has 0 aromatic rings. The molecular weight excluding hydrogens is 99.1 g/mol. The van der Waals surface area contributed by atoms with E-state index in [0.717, 1.165) is 0 Å². The summed E-state index contributed by atoms with van der Waals surface area (Å²) >= 11 is 0. The second-order valence-electron chi connectivity index (χ2n) is 1.32. The van der Waals surface area contributed by atoms with Gasteiger partial charge in [0.15, 0.2) is 0 Å². The van der Waals surface area contributed by atoms with Crippen LogP contribution in [-0.2, 0) is 0 Å². The molecule has 2 heteroatoms. The number of rotatable bonds is 1. The van der Waals surface area contributed by atoms with Gasteiger partial charge in [-0.3, -0.25) is 0 Å². The van der Waals surface area contributed by atoms with Crippen molar-refractivity contribution in [3.8, 4) is 0 Å². The third kappa shape index (κ3) is 0.570. The molecule has 0 fully saturated rings. The number of hydrogen-bond acceptors (Lipinski definition) is 0. The highest BCUT2D eigenvalue weighted by atomic mass is 32.3. The quantitative estimate of drug-likeness (QED) is 0.480. The molecule has 0 N–H and O–H groups in total. The lowest BCUT2D eigenvalue weighted by atomic mass is 11.0. The molecule has 0 aromatic heterocycles. The van der Waals surface area contributed by atoms with Crippen molar-refractivity contribution in [3.63, 3.8) is 0 Å². The molecule has 0 nitrogen and oxygen atoms in total. The van der Waals surface area contributed by atoms with Crippen molar-refractivity contribution in [1.29, 1.82) is 0 Å². The van der Waals surface area contributed by atoms with Crippen LogP contribution in [0, 0.1) is 0 Å². The standard InChI is InChI=1S/C4H7FS/c1-2-6(5)3-4-6/h3-4H,2H2,1H3. The summed E-state index contributed by atoms with van der Waals surface area (Å²) in [6.07, 6.45) is 0. The summed E-state index contributed by atoms with van der Waals surface area (Å²) in [6.45, 7) is 1.87. The molecule has 1 heterocycles. The van der Waals surface area contributed by atoms with Crippen molar-refractivity contribution in [3.05, 3.63) is 10.8 Å². The lowest BCUT2D eigenvalue weighted by molar-refractivity contribution is 0.917. The van der Waals surface area contributed by atoms with E-state index in [9.17, 15) is 3.89 Å². The Hall–Kier alpha value is 0.0200. The van der Waals surface area contributed by atoms with E-state index in [0.29, 0.717) is 5.75 Å². The minimum atomic E-state index is -1.66. The maximum absolute atomic E-state index is 12.2. The lowest BCUT2D eigenvalue weighted by Gasteiger charge is -2.00. The first-order valence-corrected chi connectivity index (χ1v) is 3.78. The van der Waals surface area contributed by atoms with Crippen molar-refractivity contribution in [2.75, 3.05) is 5.75 Å². The van der Waals surface area contributed by atoms with Gasteiger partial charge in [-0.2, -0.15) is 3.89 Å². The third-order valence-corrected chi connectivity index (χ3v) is 2.62. The molecule has 1 rings (SSSR count). The van der Waals surface area contributed by atoms with Crippen molar-refractivity contribution in [1.82, 2.24) is 0 Å². The van der Waals surface area contributed by atoms with E-state index >= 15 is 0 Å². The molecule has 0 atom stereocenters. The summed E-state index contributed by atoms with van der Waals surface area (Å²) in [7, 11) is -1.66. The molecule has 1 aliphatic heterocycles. The SMILES string of the molecule is CCS1(F)C=C1. The lowest BCUT2D eigenvalue weighted by Crippen LogP contribution is -1.68. The van der Waals surface area contributed by atoms with E-state index in [1.54, 1.807) is 10.8 Å². The smallest absolute Gasteiger partial charge is 0.00808 e. The zero-order chi connectivity index (χ0) is 4.62. The Bertz CT molecular complexity index is 81.5. The molecule has 0 bridgehead atoms. The van der Waals surface area contributed by atoms with E-state index < -0.39 is 10.4 Å². The van der Waals surface area contributed by atoms with Crippen molar-refractivity contribution < 1.29 is 3.89 Å². The average molecular weight is 106 g/mol. The summed E-state index contributed by atoms with van der Waals surface area (Å²) in [4.78, 5) is 0. The molecule has 36 valence electrons. The Morgan fingerprint density at radius 3 is 2.17 bits per heavy atom. The largest absolute Gasteiger partial charge is 0.181 e. The molecule has 6 heavy (non-hydrogen) atoms. The van der Waals surface area contributed by atoms with Gasteiger partial charge in [0.2, 0.25) is 0 Å². The third-order valence-electron chi connectivity index (χ3n) is 0.874. The second-order valence-corrected chi connectivity index (χ2v) is 3.95. The van der Waals surface area contributed by atoms with Crippen LogP contribution in [0.15, 0.2) is 10.8 Å². The van der Waals surface area contributed by atoms with Crippen LogP contribution in [0.25, 0.3) is 0 Å². The van der Waals surface area contributed by atoms with E-state index in [1.165, 1.54) is 0 Å². The van der Waals surface area contributed by atoms with Crippen LogP contribution >= 0.6 is 10.4 Å². The number of hydrogen-bond donors (Lipinski definition) is 0. The zero-order valence-electron chi connectivity index (χ0n) is 3.65. The fourth-order valence-corrected chi connectivity index (χ4v) is 1.12. The number of halogens is 1. The molecule has 0 unspecified atom stereocenters. The van der Waals surface area contributed by atoms with Crippen LogP contribution in [0.2, 0.25) is 0 Å². The van der Waals surface area contributed by atoms with Gasteiger partial charge in [0, 0.05) is 5.75 Å². The average Bonchev–Trinajstić information content (AvgIpc) is 2.22. The molecule has 0 aromatic carbocycles. The Balaban J connectivity index is 2.32. The molecule has 1 aliphatic rings. The summed E-state index contributed by atoms with van der Waals surface area (Å²) in [6, 6.07) is 0. The highest BCUT2D eigenvalue weighted by Crippen LogP contribution is 2.64. The Morgan fingerprint density at radius 1 is 1.67 bits per heavy atom. The predicted molar refractivity (Wildman–Crippen MR) is 28.4 cm³/mol. The van der Waals surface area contributed by atoms with E-state index in [1.807, 2.05) is 6.92 Å². The zero-order valence-corrected chi connectivity index (χ0v) is 4.46. The van der Waals surface area contributed by atoms with Crippen molar-refractivity contribution in [2.45, 2.75) is 6.92 Å². The first-order valence-electron chi connectivity index (χ1n) is 1.95. The molecular formula is C4H7FS. The van der Waals surface area contributed by atoms with E-state index in [4.69, 9.17) is 0 Å². The summed E-state index contributed by atoms with van der Waals surface area (Å²) < 4.78 is 12.2. The van der Waals surface area contributed by atoms with Crippen LogP contribution in [0.1, 0.15) is 6.92 Å². The van der Waals surface area contributed by atoms with Crippen LogP contribution in [-0.4, -0.2) is 5.75 Å². The van der Waals surface area contributed by atoms with E-state index in [-0.39, 0.29) is 0 Å². The normalized spacial score (nSPS) is 29.7. The fourth-order valence-electron chi connectivity index (χ4n) is 0.253. The topological polar surface area (TPSA) is 0 Å². The fraction of sp³-hybridized carbons (Fsp3) is 0.500. The summed E-state index contributed by atoms with van der Waals surface area (Å²) in [5.74, 6) is 0.688. The Morgan fingerprint density at radius 2 is 2.17 bits per heavy atom. The second kappa shape index (κ2) is 0.997. The van der Waals surface area contributed by atoms with Gasteiger partial charge in [-0.05, 0) is 10.8 Å². The van der Waals surface area contributed by atoms with Gasteiger partial charge in [0.05, 0.1) is 0 Å². The monoisotopic (exact) mass is 106 g/mol. The minimum absolute atomic E-state index is 0.688. The maximum Gasteiger partial charge on any atom is 0.00808 e. The molecule has 0 aliphatic carbocycles. The van der Waals surface area contributed by atoms with Crippen molar-refractivity contribution >= 4 is 10.4 Å². The predicted octanol–water partition coefficient (Wildman–Crippen LogP) is 2.18. The molecule has 0 amide bonds. The van der Waals surface area contributed by atoms with Gasteiger partial charge in [-0.25, -0.2) is 0 Å². The molecule has 0 saturated carbocycles. The van der Waals surface area contributed by atoms with Crippen LogP contribution in [0.3, 0.4) is 0 Å². The highest BCUT2D eigenvalue weighted by molar-refractivity contribution is 8.39. The van der Waals surface area contributed by atoms with E-state index in [2.05, 4.69) is 0 Å². The Kier molecular flexibility index (Phi) is 0.696. The first kappa shape index (κ1) is 4.19. The van der Waals surface area contributed by atoms with Crippen LogP contribution in [0.5, 0.6) is 0 Å². The Labute approximate surface area is 38.7 Å². The minimum Gasteiger partial charge on any atom is -0.181 e. The molecule has 0 radical (unpaired) electrons. The van der Waals surface area contributed by atoms with Gasteiger partial charge in [-0.1, -0.05) is 17.3 Å². The molecule has 0 saturated heterocycles. The highest BCUT2D eigenvalue weighted by Gasteiger charge is 2.23. The maximum atomic E-state index is 12.2. The van der Waals surface area contributed by atoms with Gasteiger partial charge in [0.25, 0.3) is 0 Å². The first-order chi connectivity index (χ1) is 2.77. The molecule has 0 spiro atoms. The summed E-state index contributed by atoms with van der Waals surface area (Å²) in [5.41, 5.74) is 0. The van der Waals surface area contributed by atoms with Gasteiger partial charge < -0.3 is 0 Å².